The van der Waals surface area contributed by atoms with Gasteiger partial charge in [0.1, 0.15) is 23.9 Å². The first-order valence-corrected chi connectivity index (χ1v) is 12.9. The summed E-state index contributed by atoms with van der Waals surface area (Å²) in [6.07, 6.45) is 2.67. The van der Waals surface area contributed by atoms with E-state index in [9.17, 15) is 18.4 Å². The molecule has 3 aromatic rings. The quantitative estimate of drug-likeness (QED) is 0.215. The van der Waals surface area contributed by atoms with Crippen molar-refractivity contribution in [2.75, 3.05) is 0 Å². The van der Waals surface area contributed by atoms with E-state index < -0.39 is 23.1 Å². The van der Waals surface area contributed by atoms with Crippen molar-refractivity contribution in [3.8, 4) is 5.69 Å². The molecule has 1 N–H and O–H groups in total. The number of aryl methyl sites for hydroxylation is 2. The molecule has 1 amide bonds. The standard InChI is InChI=1S/C20H17F2IN3O3P/c1-3-17-24-16-10-15(22)12(7-8-18(27)25-29-30-23)9-13(16)20(28)26(17)19-11(2)5-4-6-14(19)21/h4-10,30H,3H2,1-2H3,(H,25,27)/b8-7+. The fraction of sp³-hybridized carbons (Fsp3) is 0.150. The van der Waals surface area contributed by atoms with Gasteiger partial charge in [0.2, 0.25) is 0 Å². The van der Waals surface area contributed by atoms with Crippen molar-refractivity contribution in [3.63, 3.8) is 0 Å². The zero-order chi connectivity index (χ0) is 21.8. The van der Waals surface area contributed by atoms with E-state index in [2.05, 4.69) is 10.5 Å². The fourth-order valence-electron chi connectivity index (χ4n) is 3.04. The molecular weight excluding hydrogens is 526 g/mol. The van der Waals surface area contributed by atoms with E-state index in [0.29, 0.717) is 17.8 Å². The summed E-state index contributed by atoms with van der Waals surface area (Å²) in [5, 5.41) is 0.112. The van der Waals surface area contributed by atoms with E-state index in [-0.39, 0.29) is 28.6 Å². The number of halogens is 3. The van der Waals surface area contributed by atoms with Gasteiger partial charge in [-0.3, -0.25) is 14.2 Å². The highest BCUT2D eigenvalue weighted by Gasteiger charge is 2.18. The number of benzene rings is 2. The first kappa shape index (κ1) is 22.5. The Kier molecular flexibility index (Phi) is 7.27. The lowest BCUT2D eigenvalue weighted by Crippen LogP contribution is -2.25. The van der Waals surface area contributed by atoms with E-state index in [1.165, 1.54) is 22.8 Å². The molecule has 0 saturated carbocycles. The summed E-state index contributed by atoms with van der Waals surface area (Å²) < 4.78 is 35.1. The zero-order valence-electron chi connectivity index (χ0n) is 16.0. The minimum absolute atomic E-state index is 0.0227. The molecule has 6 nitrogen and oxygen atoms in total. The molecule has 0 radical (unpaired) electrons. The number of fused-ring (bicyclic) bond motifs is 1. The first-order valence-electron chi connectivity index (χ1n) is 8.87. The summed E-state index contributed by atoms with van der Waals surface area (Å²) in [7, 11) is 0. The molecule has 0 aliphatic carbocycles. The van der Waals surface area contributed by atoms with Gasteiger partial charge < -0.3 is 0 Å². The largest absolute Gasteiger partial charge is 0.268 e. The zero-order valence-corrected chi connectivity index (χ0v) is 19.2. The maximum Gasteiger partial charge on any atom is 0.267 e. The van der Waals surface area contributed by atoms with Crippen LogP contribution in [-0.2, 0) is 15.8 Å². The Labute approximate surface area is 185 Å². The van der Waals surface area contributed by atoms with Gasteiger partial charge in [-0.05, 0) is 52.7 Å². The SMILES string of the molecule is CCc1nc2cc(F)c(/C=C/C(=O)NOPI)cc2c(=O)n1-c1c(C)cccc1F. The molecule has 0 spiro atoms. The first-order chi connectivity index (χ1) is 14.4. The Morgan fingerprint density at radius 1 is 1.33 bits per heavy atom. The number of hydrogen-bond donors (Lipinski definition) is 1. The van der Waals surface area contributed by atoms with Crippen molar-refractivity contribution in [2.45, 2.75) is 20.3 Å². The molecule has 0 fully saturated rings. The lowest BCUT2D eigenvalue weighted by molar-refractivity contribution is -0.122. The molecule has 156 valence electrons. The number of aromatic nitrogens is 2. The second-order valence-corrected chi connectivity index (χ2v) is 7.98. The monoisotopic (exact) mass is 543 g/mol. The molecule has 0 bridgehead atoms. The third kappa shape index (κ3) is 4.58. The average Bonchev–Trinajstić information content (AvgIpc) is 2.72. The lowest BCUT2D eigenvalue weighted by atomic mass is 10.1. The molecule has 0 saturated heterocycles. The Morgan fingerprint density at radius 3 is 2.77 bits per heavy atom. The van der Waals surface area contributed by atoms with E-state index in [1.54, 1.807) is 26.0 Å². The molecule has 1 unspecified atom stereocenters. The van der Waals surface area contributed by atoms with Gasteiger partial charge in [-0.25, -0.2) is 23.9 Å². The smallest absolute Gasteiger partial charge is 0.267 e. The molecule has 1 heterocycles. The van der Waals surface area contributed by atoms with Crippen LogP contribution in [0.4, 0.5) is 8.78 Å². The Morgan fingerprint density at radius 2 is 2.10 bits per heavy atom. The fourth-order valence-corrected chi connectivity index (χ4v) is 3.51. The van der Waals surface area contributed by atoms with Gasteiger partial charge in [-0.2, -0.15) is 0 Å². The van der Waals surface area contributed by atoms with E-state index >= 15 is 0 Å². The van der Waals surface area contributed by atoms with Crippen molar-refractivity contribution in [3.05, 3.63) is 75.3 Å². The minimum Gasteiger partial charge on any atom is -0.268 e. The van der Waals surface area contributed by atoms with Crippen LogP contribution in [0.25, 0.3) is 22.7 Å². The molecule has 0 aliphatic heterocycles. The number of para-hydroxylation sites is 1. The van der Waals surface area contributed by atoms with Crippen molar-refractivity contribution >= 4 is 51.4 Å². The maximum absolute atomic E-state index is 14.6. The van der Waals surface area contributed by atoms with Gasteiger partial charge in [0, 0.05) is 24.1 Å². The van der Waals surface area contributed by atoms with Gasteiger partial charge >= 0.3 is 0 Å². The van der Waals surface area contributed by atoms with Crippen LogP contribution in [0.5, 0.6) is 0 Å². The van der Waals surface area contributed by atoms with Gasteiger partial charge in [0.15, 0.2) is 0 Å². The van der Waals surface area contributed by atoms with Crippen molar-refractivity contribution in [2.24, 2.45) is 0 Å². The topological polar surface area (TPSA) is 73.2 Å². The van der Waals surface area contributed by atoms with Crippen LogP contribution in [0.2, 0.25) is 0 Å². The molecule has 3 rings (SSSR count). The van der Waals surface area contributed by atoms with Gasteiger partial charge in [0.05, 0.1) is 16.6 Å². The van der Waals surface area contributed by atoms with Crippen molar-refractivity contribution in [1.82, 2.24) is 15.0 Å². The third-order valence-electron chi connectivity index (χ3n) is 4.39. The Balaban J connectivity index is 2.20. The molecule has 30 heavy (non-hydrogen) atoms. The summed E-state index contributed by atoms with van der Waals surface area (Å²) in [4.78, 5) is 29.3. The van der Waals surface area contributed by atoms with Crippen LogP contribution >= 0.6 is 28.5 Å². The number of hydroxylamine groups is 1. The summed E-state index contributed by atoms with van der Waals surface area (Å²) in [6, 6.07) is 6.97. The molecule has 2 aromatic carbocycles. The van der Waals surface area contributed by atoms with E-state index in [1.807, 2.05) is 22.0 Å². The molecule has 10 heteroatoms. The van der Waals surface area contributed by atoms with Crippen molar-refractivity contribution in [1.29, 1.82) is 0 Å². The number of amides is 1. The summed E-state index contributed by atoms with van der Waals surface area (Å²) in [5.74, 6) is -1.45. The lowest BCUT2D eigenvalue weighted by Gasteiger charge is -2.15. The van der Waals surface area contributed by atoms with E-state index in [4.69, 9.17) is 4.62 Å². The van der Waals surface area contributed by atoms with Crippen LogP contribution in [0.15, 0.2) is 41.2 Å². The highest BCUT2D eigenvalue weighted by atomic mass is 127. The highest BCUT2D eigenvalue weighted by molar-refractivity contribution is 14.2. The van der Waals surface area contributed by atoms with Crippen molar-refractivity contribution < 1.29 is 18.2 Å². The Bertz CT molecular complexity index is 1190. The van der Waals surface area contributed by atoms with Crippen LogP contribution in [-0.4, -0.2) is 15.5 Å². The van der Waals surface area contributed by atoms with Crippen LogP contribution in [0, 0.1) is 18.6 Å². The molecular formula is C20H17F2IN3O3P. The predicted molar refractivity (Wildman–Crippen MR) is 122 cm³/mol. The maximum atomic E-state index is 14.6. The van der Waals surface area contributed by atoms with Crippen LogP contribution < -0.4 is 11.0 Å². The molecule has 1 atom stereocenters. The number of rotatable bonds is 6. The number of hydrogen-bond acceptors (Lipinski definition) is 4. The second kappa shape index (κ2) is 9.72. The summed E-state index contributed by atoms with van der Waals surface area (Å²) in [6.45, 7) is 3.51. The summed E-state index contributed by atoms with van der Waals surface area (Å²) in [5.41, 5.74) is 2.52. The van der Waals surface area contributed by atoms with Crippen LogP contribution in [0.3, 0.4) is 0 Å². The number of nitrogens with one attached hydrogen (secondary N) is 1. The normalized spacial score (nSPS) is 11.8. The Hall–Kier alpha value is -2.23. The molecule has 1 aromatic heterocycles. The minimum atomic E-state index is -0.642. The number of carbonyl (C=O) groups is 1. The van der Waals surface area contributed by atoms with E-state index in [0.717, 1.165) is 12.1 Å². The van der Waals surface area contributed by atoms with Gasteiger partial charge in [0.25, 0.3) is 11.5 Å². The third-order valence-corrected chi connectivity index (χ3v) is 5.23. The molecule has 0 aliphatic rings. The number of carbonyl (C=O) groups excluding carboxylic acids is 1. The summed E-state index contributed by atoms with van der Waals surface area (Å²) >= 11 is 1.93. The second-order valence-electron chi connectivity index (χ2n) is 6.30. The van der Waals surface area contributed by atoms with Gasteiger partial charge in [-0.1, -0.05) is 19.1 Å². The van der Waals surface area contributed by atoms with Crippen LogP contribution in [0.1, 0.15) is 23.9 Å². The highest BCUT2D eigenvalue weighted by Crippen LogP contribution is 2.22. The average molecular weight is 543 g/mol. The predicted octanol–water partition coefficient (Wildman–Crippen LogP) is 4.54. The number of nitrogens with zero attached hydrogens (tertiary/aromatic N) is 2. The van der Waals surface area contributed by atoms with Gasteiger partial charge in [-0.15, -0.1) is 0 Å².